The minimum atomic E-state index is -3.97. The Labute approximate surface area is 258 Å². The van der Waals surface area contributed by atoms with E-state index in [4.69, 9.17) is 4.98 Å². The first-order valence-corrected chi connectivity index (χ1v) is 17.2. The van der Waals surface area contributed by atoms with Crippen LogP contribution in [0.25, 0.3) is 22.3 Å². The fourth-order valence-corrected chi connectivity index (χ4v) is 8.05. The van der Waals surface area contributed by atoms with Crippen LogP contribution in [-0.2, 0) is 19.9 Å². The van der Waals surface area contributed by atoms with Crippen molar-refractivity contribution in [2.45, 2.75) is 38.1 Å². The number of nitrogens with zero attached hydrogens (tertiary/aromatic N) is 5. The minimum Gasteiger partial charge on any atom is -0.322 e. The monoisotopic (exact) mass is 649 g/mol. The summed E-state index contributed by atoms with van der Waals surface area (Å²) in [4.78, 5) is 26.7. The first kappa shape index (κ1) is 30.3. The van der Waals surface area contributed by atoms with Crippen LogP contribution in [0.2, 0.25) is 0 Å². The van der Waals surface area contributed by atoms with Crippen LogP contribution in [0.3, 0.4) is 0 Å². The molecule has 5 aromatic rings. The van der Waals surface area contributed by atoms with Gasteiger partial charge in [-0.25, -0.2) is 40.9 Å². The summed E-state index contributed by atoms with van der Waals surface area (Å²) in [6.45, 7) is 5.10. The van der Waals surface area contributed by atoms with Crippen LogP contribution in [-0.4, -0.2) is 59.0 Å². The molecular formula is C30H28FN7O5S2. The summed E-state index contributed by atoms with van der Waals surface area (Å²) in [6, 6.07) is 13.9. The van der Waals surface area contributed by atoms with E-state index in [1.54, 1.807) is 31.5 Å². The number of benzene rings is 2. The molecule has 6 rings (SSSR count). The third kappa shape index (κ3) is 6.26. The molecule has 0 saturated carbocycles. The summed E-state index contributed by atoms with van der Waals surface area (Å²) < 4.78 is 68.1. The molecule has 3 aromatic heterocycles. The lowest BCUT2D eigenvalue weighted by Gasteiger charge is -2.13. The summed E-state index contributed by atoms with van der Waals surface area (Å²) >= 11 is 0. The average molecular weight is 650 g/mol. The van der Waals surface area contributed by atoms with Gasteiger partial charge in [0, 0.05) is 23.0 Å². The Morgan fingerprint density at radius 3 is 2.33 bits per heavy atom. The standard InChI is InChI=1S/C30H28FN7O5S2/c1-17-14-27(33-19(3)32-17)37-45(42,43)24-10-8-22(9-11-24)34-30(39)25-15-26(20-4-6-21(31)7-5-20)35-29-28(25)18(2)36-38(29)23-12-13-44(40,41)16-23/h4-11,14-15,23H,12-13,16H2,1-3H3,(H,34,39)(H,32,33,37). The van der Waals surface area contributed by atoms with Gasteiger partial charge in [0.05, 0.1) is 44.8 Å². The van der Waals surface area contributed by atoms with E-state index in [9.17, 15) is 26.0 Å². The summed E-state index contributed by atoms with van der Waals surface area (Å²) in [5.74, 6) is -0.447. The zero-order valence-corrected chi connectivity index (χ0v) is 26.1. The second-order valence-corrected chi connectivity index (χ2v) is 14.8. The van der Waals surface area contributed by atoms with Crippen LogP contribution >= 0.6 is 0 Å². The van der Waals surface area contributed by atoms with Crippen LogP contribution in [0.1, 0.15) is 40.0 Å². The normalized spacial score (nSPS) is 16.1. The number of aromatic nitrogens is 5. The predicted octanol–water partition coefficient (Wildman–Crippen LogP) is 4.37. The highest BCUT2D eigenvalue weighted by Gasteiger charge is 2.32. The second-order valence-electron chi connectivity index (χ2n) is 10.9. The van der Waals surface area contributed by atoms with Gasteiger partial charge in [0.25, 0.3) is 15.9 Å². The van der Waals surface area contributed by atoms with Gasteiger partial charge < -0.3 is 5.32 Å². The fourth-order valence-electron chi connectivity index (χ4n) is 5.37. The quantitative estimate of drug-likeness (QED) is 0.260. The Hall–Kier alpha value is -4.76. The third-order valence-electron chi connectivity index (χ3n) is 7.40. The van der Waals surface area contributed by atoms with Gasteiger partial charge >= 0.3 is 0 Å². The number of carbonyl (C=O) groups is 1. The van der Waals surface area contributed by atoms with Crippen LogP contribution in [0.5, 0.6) is 0 Å². The van der Waals surface area contributed by atoms with Gasteiger partial charge in [-0.3, -0.25) is 9.52 Å². The number of halogens is 1. The molecule has 1 saturated heterocycles. The van der Waals surface area contributed by atoms with E-state index < -0.39 is 37.6 Å². The van der Waals surface area contributed by atoms with Crippen molar-refractivity contribution in [2.24, 2.45) is 0 Å². The van der Waals surface area contributed by atoms with E-state index in [1.165, 1.54) is 54.6 Å². The van der Waals surface area contributed by atoms with Gasteiger partial charge in [-0.05, 0) is 81.8 Å². The minimum absolute atomic E-state index is 0.0304. The molecule has 1 aliphatic heterocycles. The van der Waals surface area contributed by atoms with Gasteiger partial charge in [0.15, 0.2) is 15.5 Å². The van der Waals surface area contributed by atoms with Crippen molar-refractivity contribution in [1.82, 2.24) is 24.7 Å². The highest BCUT2D eigenvalue weighted by atomic mass is 32.2. The molecule has 0 bridgehead atoms. The van der Waals surface area contributed by atoms with E-state index in [1.807, 2.05) is 0 Å². The van der Waals surface area contributed by atoms with Crippen LogP contribution in [0.4, 0.5) is 15.9 Å². The molecule has 1 unspecified atom stereocenters. The summed E-state index contributed by atoms with van der Waals surface area (Å²) in [5.41, 5.74) is 2.90. The molecule has 232 valence electrons. The molecule has 45 heavy (non-hydrogen) atoms. The molecule has 2 N–H and O–H groups in total. The van der Waals surface area contributed by atoms with E-state index in [2.05, 4.69) is 25.1 Å². The number of carbonyl (C=O) groups excluding carboxylic acids is 1. The third-order valence-corrected chi connectivity index (χ3v) is 10.5. The van der Waals surface area contributed by atoms with Crippen molar-refractivity contribution in [3.63, 3.8) is 0 Å². The van der Waals surface area contributed by atoms with Gasteiger partial charge in [-0.1, -0.05) is 0 Å². The van der Waals surface area contributed by atoms with E-state index in [0.29, 0.717) is 51.6 Å². The number of sulfone groups is 1. The zero-order chi connectivity index (χ0) is 32.1. The fraction of sp³-hybridized carbons (Fsp3) is 0.233. The van der Waals surface area contributed by atoms with Gasteiger partial charge in [0.2, 0.25) is 0 Å². The van der Waals surface area contributed by atoms with E-state index in [-0.39, 0.29) is 27.8 Å². The summed E-state index contributed by atoms with van der Waals surface area (Å²) in [7, 11) is -7.21. The van der Waals surface area contributed by atoms with Crippen molar-refractivity contribution in [3.05, 3.63) is 89.3 Å². The number of hydrogen-bond donors (Lipinski definition) is 2. The average Bonchev–Trinajstić information content (AvgIpc) is 3.50. The topological polar surface area (TPSA) is 166 Å². The van der Waals surface area contributed by atoms with Gasteiger partial charge in [-0.2, -0.15) is 5.10 Å². The summed E-state index contributed by atoms with van der Waals surface area (Å²) in [6.07, 6.45) is 0.364. The first-order chi connectivity index (χ1) is 21.3. The Morgan fingerprint density at radius 2 is 1.69 bits per heavy atom. The van der Waals surface area contributed by atoms with Crippen LogP contribution in [0.15, 0.2) is 65.6 Å². The van der Waals surface area contributed by atoms with Crippen molar-refractivity contribution in [1.29, 1.82) is 0 Å². The van der Waals surface area contributed by atoms with Crippen molar-refractivity contribution in [2.75, 3.05) is 21.5 Å². The number of fused-ring (bicyclic) bond motifs is 1. The molecule has 2 aromatic carbocycles. The molecule has 0 radical (unpaired) electrons. The molecule has 1 aliphatic rings. The lowest BCUT2D eigenvalue weighted by molar-refractivity contribution is 0.102. The number of anilines is 2. The number of sulfonamides is 1. The van der Waals surface area contributed by atoms with E-state index >= 15 is 0 Å². The lowest BCUT2D eigenvalue weighted by Crippen LogP contribution is -2.16. The van der Waals surface area contributed by atoms with Crippen molar-refractivity contribution >= 4 is 48.3 Å². The lowest BCUT2D eigenvalue weighted by atomic mass is 10.0. The molecule has 0 aliphatic carbocycles. The van der Waals surface area contributed by atoms with Crippen LogP contribution < -0.4 is 10.0 Å². The maximum absolute atomic E-state index is 13.8. The van der Waals surface area contributed by atoms with E-state index in [0.717, 1.165) is 0 Å². The highest BCUT2D eigenvalue weighted by Crippen LogP contribution is 2.32. The van der Waals surface area contributed by atoms with Crippen LogP contribution in [0, 0.1) is 26.6 Å². The Balaban J connectivity index is 1.34. The largest absolute Gasteiger partial charge is 0.322 e. The maximum atomic E-state index is 13.8. The molecule has 12 nitrogen and oxygen atoms in total. The predicted molar refractivity (Wildman–Crippen MR) is 167 cm³/mol. The molecule has 1 amide bonds. The molecule has 0 spiro atoms. The molecule has 15 heteroatoms. The molecule has 1 atom stereocenters. The zero-order valence-electron chi connectivity index (χ0n) is 24.4. The Morgan fingerprint density at radius 1 is 0.978 bits per heavy atom. The molecular weight excluding hydrogens is 622 g/mol. The molecule has 1 fully saturated rings. The number of rotatable bonds is 7. The smallest absolute Gasteiger partial charge is 0.263 e. The van der Waals surface area contributed by atoms with Crippen molar-refractivity contribution in [3.8, 4) is 11.3 Å². The SMILES string of the molecule is Cc1cc(NS(=O)(=O)c2ccc(NC(=O)c3cc(-c4ccc(F)cc4)nc4c3c(C)nn4C3CCS(=O)(=O)C3)cc2)nc(C)n1. The van der Waals surface area contributed by atoms with Crippen molar-refractivity contribution < 1.29 is 26.0 Å². The Kier molecular flexibility index (Phi) is 7.61. The second kappa shape index (κ2) is 11.3. The number of nitrogens with one attached hydrogen (secondary N) is 2. The maximum Gasteiger partial charge on any atom is 0.263 e. The number of aryl methyl sites for hydroxylation is 3. The number of amides is 1. The van der Waals surface area contributed by atoms with Gasteiger partial charge in [-0.15, -0.1) is 0 Å². The first-order valence-electron chi connectivity index (χ1n) is 13.9. The number of pyridine rings is 1. The molecule has 4 heterocycles. The highest BCUT2D eigenvalue weighted by molar-refractivity contribution is 7.92. The van der Waals surface area contributed by atoms with Gasteiger partial charge in [0.1, 0.15) is 17.5 Å². The summed E-state index contributed by atoms with van der Waals surface area (Å²) in [5, 5.41) is 7.84. The number of hydrogen-bond acceptors (Lipinski definition) is 9. The Bertz CT molecular complexity index is 2160.